The van der Waals surface area contributed by atoms with Crippen molar-refractivity contribution in [2.75, 3.05) is 17.4 Å². The fourth-order valence-corrected chi connectivity index (χ4v) is 6.25. The Hall–Kier alpha value is -5.03. The van der Waals surface area contributed by atoms with Gasteiger partial charge in [-0.2, -0.15) is 0 Å². The van der Waals surface area contributed by atoms with Crippen LogP contribution in [0.3, 0.4) is 0 Å². The zero-order valence-corrected chi connectivity index (χ0v) is 26.0. The quantitative estimate of drug-likeness (QED) is 0.150. The molecule has 10 nitrogen and oxygen atoms in total. The molecule has 0 unspecified atom stereocenters. The number of anilines is 1. The molecule has 1 N–H and O–H groups in total. The molecule has 234 valence electrons. The molecule has 0 spiro atoms. The molecule has 11 heteroatoms. The summed E-state index contributed by atoms with van der Waals surface area (Å²) >= 11 is 0. The molecule has 0 radical (unpaired) electrons. The average Bonchev–Trinajstić information content (AvgIpc) is 3.05. The van der Waals surface area contributed by atoms with Gasteiger partial charge in [0, 0.05) is 31.6 Å². The standard InChI is InChI=1S/C34H36N4O6S/c1-3-21-35-34(40)32(22-27-11-6-4-7-12-27)36(24-28-19-17-26(2)18-20-28)33(39)25-37(29-13-10-14-30(23-29)38(41)42)45(43,44)31-15-8-5-9-16-31/h4-20,23,32H,3,21-22,24-25H2,1-2H3,(H,35,40)/t32-/m1/s1. The molecule has 0 saturated carbocycles. The maximum atomic E-state index is 14.4. The minimum atomic E-state index is -4.36. The maximum absolute atomic E-state index is 14.4. The molecule has 0 aliphatic carbocycles. The number of sulfonamides is 1. The molecule has 45 heavy (non-hydrogen) atoms. The average molecular weight is 629 g/mol. The lowest BCUT2D eigenvalue weighted by atomic mass is 10.0. The van der Waals surface area contributed by atoms with Gasteiger partial charge < -0.3 is 10.2 Å². The topological polar surface area (TPSA) is 130 Å². The highest BCUT2D eigenvalue weighted by atomic mass is 32.2. The molecular weight excluding hydrogens is 592 g/mol. The van der Waals surface area contributed by atoms with Crippen LogP contribution in [0, 0.1) is 17.0 Å². The molecular formula is C34H36N4O6S. The van der Waals surface area contributed by atoms with Crippen LogP contribution >= 0.6 is 0 Å². The predicted molar refractivity (Wildman–Crippen MR) is 173 cm³/mol. The van der Waals surface area contributed by atoms with Crippen molar-refractivity contribution < 1.29 is 22.9 Å². The van der Waals surface area contributed by atoms with Crippen LogP contribution in [0.2, 0.25) is 0 Å². The van der Waals surface area contributed by atoms with Crippen LogP contribution in [0.15, 0.2) is 114 Å². The maximum Gasteiger partial charge on any atom is 0.271 e. The van der Waals surface area contributed by atoms with E-state index < -0.39 is 33.4 Å². The highest BCUT2D eigenvalue weighted by molar-refractivity contribution is 7.92. The number of nitro groups is 1. The lowest BCUT2D eigenvalue weighted by molar-refractivity contribution is -0.384. The summed E-state index contributed by atoms with van der Waals surface area (Å²) in [5.41, 5.74) is 2.22. The summed E-state index contributed by atoms with van der Waals surface area (Å²) in [5.74, 6) is -1.01. The number of carbonyl (C=O) groups is 2. The molecule has 0 heterocycles. The molecule has 4 aromatic rings. The number of nitrogens with zero attached hydrogens (tertiary/aromatic N) is 3. The van der Waals surface area contributed by atoms with Crippen molar-refractivity contribution in [2.24, 2.45) is 0 Å². The minimum Gasteiger partial charge on any atom is -0.354 e. The molecule has 4 rings (SSSR count). The summed E-state index contributed by atoms with van der Waals surface area (Å²) < 4.78 is 28.9. The number of nitro benzene ring substituents is 1. The van der Waals surface area contributed by atoms with E-state index in [-0.39, 0.29) is 35.1 Å². The molecule has 2 amide bonds. The summed E-state index contributed by atoms with van der Waals surface area (Å²) in [5, 5.41) is 14.5. The number of amides is 2. The Morgan fingerprint density at radius 2 is 1.51 bits per heavy atom. The van der Waals surface area contributed by atoms with E-state index in [1.165, 1.54) is 35.2 Å². The molecule has 0 bridgehead atoms. The summed E-state index contributed by atoms with van der Waals surface area (Å²) in [4.78, 5) is 40.4. The van der Waals surface area contributed by atoms with Crippen molar-refractivity contribution in [3.63, 3.8) is 0 Å². The number of rotatable bonds is 14. The molecule has 0 saturated heterocycles. The summed E-state index contributed by atoms with van der Waals surface area (Å²) in [6.45, 7) is 3.60. The van der Waals surface area contributed by atoms with Crippen molar-refractivity contribution in [1.82, 2.24) is 10.2 Å². The van der Waals surface area contributed by atoms with Gasteiger partial charge in [-0.3, -0.25) is 24.0 Å². The number of nitrogens with one attached hydrogen (secondary N) is 1. The smallest absolute Gasteiger partial charge is 0.271 e. The van der Waals surface area contributed by atoms with Gasteiger partial charge in [0.25, 0.3) is 15.7 Å². The Morgan fingerprint density at radius 1 is 0.867 bits per heavy atom. The number of aryl methyl sites for hydroxylation is 1. The van der Waals surface area contributed by atoms with Crippen LogP contribution < -0.4 is 9.62 Å². The second-order valence-corrected chi connectivity index (χ2v) is 12.5. The van der Waals surface area contributed by atoms with Crippen molar-refractivity contribution >= 4 is 33.2 Å². The van der Waals surface area contributed by atoms with E-state index in [0.717, 1.165) is 27.1 Å². The summed E-state index contributed by atoms with van der Waals surface area (Å²) in [7, 11) is -4.36. The zero-order valence-electron chi connectivity index (χ0n) is 25.2. The van der Waals surface area contributed by atoms with Crippen molar-refractivity contribution in [3.8, 4) is 0 Å². The Balaban J connectivity index is 1.81. The second-order valence-electron chi connectivity index (χ2n) is 10.6. The summed E-state index contributed by atoms with van der Waals surface area (Å²) in [6.07, 6.45) is 0.877. The van der Waals surface area contributed by atoms with E-state index in [4.69, 9.17) is 0 Å². The zero-order chi connectivity index (χ0) is 32.4. The van der Waals surface area contributed by atoms with Crippen molar-refractivity contribution in [2.45, 2.75) is 44.2 Å². The van der Waals surface area contributed by atoms with E-state index >= 15 is 0 Å². The number of hydrogen-bond donors (Lipinski definition) is 1. The number of hydrogen-bond acceptors (Lipinski definition) is 6. The van der Waals surface area contributed by atoms with Crippen LogP contribution in [0.5, 0.6) is 0 Å². The second kappa shape index (κ2) is 15.1. The van der Waals surface area contributed by atoms with Gasteiger partial charge in [-0.15, -0.1) is 0 Å². The SMILES string of the molecule is CCCNC(=O)[C@@H](Cc1ccccc1)N(Cc1ccc(C)cc1)C(=O)CN(c1cccc([N+](=O)[O-])c1)S(=O)(=O)c1ccccc1. The van der Waals surface area contributed by atoms with Crippen LogP contribution in [-0.4, -0.2) is 49.2 Å². The van der Waals surface area contributed by atoms with E-state index in [0.29, 0.717) is 13.0 Å². The van der Waals surface area contributed by atoms with Gasteiger partial charge in [0.05, 0.1) is 15.5 Å². The Kier molecular flexibility index (Phi) is 11.0. The minimum absolute atomic E-state index is 0.0321. The lowest BCUT2D eigenvalue weighted by Crippen LogP contribution is -2.53. The predicted octanol–water partition coefficient (Wildman–Crippen LogP) is 5.26. The first-order valence-electron chi connectivity index (χ1n) is 14.6. The van der Waals surface area contributed by atoms with Gasteiger partial charge in [-0.25, -0.2) is 8.42 Å². The molecule has 0 aromatic heterocycles. The molecule has 4 aromatic carbocycles. The highest BCUT2D eigenvalue weighted by Crippen LogP contribution is 2.28. The lowest BCUT2D eigenvalue weighted by Gasteiger charge is -2.34. The number of carbonyl (C=O) groups excluding carboxylic acids is 2. The van der Waals surface area contributed by atoms with E-state index in [1.54, 1.807) is 18.2 Å². The Bertz CT molecular complexity index is 1710. The van der Waals surface area contributed by atoms with E-state index in [9.17, 15) is 28.1 Å². The first-order chi connectivity index (χ1) is 21.6. The van der Waals surface area contributed by atoms with Crippen LogP contribution in [0.1, 0.15) is 30.0 Å². The van der Waals surface area contributed by atoms with Crippen molar-refractivity contribution in [1.29, 1.82) is 0 Å². The largest absolute Gasteiger partial charge is 0.354 e. The van der Waals surface area contributed by atoms with Gasteiger partial charge in [0.1, 0.15) is 12.6 Å². The normalized spacial score (nSPS) is 11.8. The third kappa shape index (κ3) is 8.54. The summed E-state index contributed by atoms with van der Waals surface area (Å²) in [6, 6.07) is 28.5. The molecule has 0 aliphatic heterocycles. The van der Waals surface area contributed by atoms with Gasteiger partial charge in [-0.1, -0.05) is 91.3 Å². The van der Waals surface area contributed by atoms with Crippen LogP contribution in [0.25, 0.3) is 0 Å². The van der Waals surface area contributed by atoms with Gasteiger partial charge >= 0.3 is 0 Å². The Labute approximate surface area is 263 Å². The van der Waals surface area contributed by atoms with Gasteiger partial charge in [-0.05, 0) is 42.7 Å². The van der Waals surface area contributed by atoms with E-state index in [1.807, 2.05) is 68.4 Å². The first kappa shape index (κ1) is 32.9. The highest BCUT2D eigenvalue weighted by Gasteiger charge is 2.35. The van der Waals surface area contributed by atoms with Crippen LogP contribution in [-0.2, 0) is 32.6 Å². The third-order valence-electron chi connectivity index (χ3n) is 7.23. The molecule has 0 fully saturated rings. The monoisotopic (exact) mass is 628 g/mol. The number of non-ortho nitro benzene ring substituents is 1. The first-order valence-corrected chi connectivity index (χ1v) is 16.0. The third-order valence-corrected chi connectivity index (χ3v) is 9.02. The van der Waals surface area contributed by atoms with Gasteiger partial charge in [0.15, 0.2) is 0 Å². The van der Waals surface area contributed by atoms with E-state index in [2.05, 4.69) is 5.32 Å². The van der Waals surface area contributed by atoms with Crippen LogP contribution in [0.4, 0.5) is 11.4 Å². The molecule has 0 aliphatic rings. The molecule has 1 atom stereocenters. The fraction of sp³-hybridized carbons (Fsp3) is 0.235. The van der Waals surface area contributed by atoms with Gasteiger partial charge in [0.2, 0.25) is 11.8 Å². The van der Waals surface area contributed by atoms with Crippen molar-refractivity contribution in [3.05, 3.63) is 136 Å². The number of benzene rings is 4. The fourth-order valence-electron chi connectivity index (χ4n) is 4.82. The Morgan fingerprint density at radius 3 is 2.13 bits per heavy atom.